The van der Waals surface area contributed by atoms with E-state index >= 15 is 0 Å². The molecule has 0 bridgehead atoms. The van der Waals surface area contributed by atoms with Crippen LogP contribution in [0.4, 0.5) is 0 Å². The Balaban J connectivity index is 1.44. The summed E-state index contributed by atoms with van der Waals surface area (Å²) in [5.41, 5.74) is 1.95. The first kappa shape index (κ1) is 18.9. The number of aromatic nitrogens is 2. The van der Waals surface area contributed by atoms with Gasteiger partial charge in [0.15, 0.2) is 0 Å². The highest BCUT2D eigenvalue weighted by molar-refractivity contribution is 7.88. The van der Waals surface area contributed by atoms with E-state index in [1.807, 2.05) is 17.5 Å². The third-order valence-electron chi connectivity index (χ3n) is 4.46. The van der Waals surface area contributed by atoms with Crippen molar-refractivity contribution in [2.45, 2.75) is 19.3 Å². The maximum Gasteiger partial charge on any atom is 0.223 e. The van der Waals surface area contributed by atoms with Crippen LogP contribution >= 0.6 is 11.3 Å². The molecule has 1 amide bonds. The van der Waals surface area contributed by atoms with E-state index in [1.165, 1.54) is 10.6 Å². The molecule has 0 unspecified atom stereocenters. The zero-order valence-corrected chi connectivity index (χ0v) is 16.2. The molecule has 0 atom stereocenters. The van der Waals surface area contributed by atoms with Gasteiger partial charge in [0.1, 0.15) is 0 Å². The Morgan fingerprint density at radius 2 is 2.00 bits per heavy atom. The Hall–Kier alpha value is -1.84. The van der Waals surface area contributed by atoms with E-state index in [2.05, 4.69) is 15.3 Å². The first-order chi connectivity index (χ1) is 12.4. The lowest BCUT2D eigenvalue weighted by atomic mass is 9.97. The Morgan fingerprint density at radius 3 is 2.65 bits per heavy atom. The first-order valence-corrected chi connectivity index (χ1v) is 11.2. The molecule has 2 aromatic rings. The van der Waals surface area contributed by atoms with Crippen molar-refractivity contribution in [2.75, 3.05) is 25.9 Å². The predicted molar refractivity (Wildman–Crippen MR) is 101 cm³/mol. The van der Waals surface area contributed by atoms with Crippen LogP contribution in [0.15, 0.2) is 29.9 Å². The van der Waals surface area contributed by atoms with Crippen LogP contribution in [-0.2, 0) is 21.2 Å². The highest BCUT2D eigenvalue weighted by Crippen LogP contribution is 2.22. The summed E-state index contributed by atoms with van der Waals surface area (Å²) in [6, 6.07) is 3.84. The van der Waals surface area contributed by atoms with E-state index in [0.717, 1.165) is 16.3 Å². The fourth-order valence-electron chi connectivity index (χ4n) is 2.97. The number of nitrogens with one attached hydrogen (secondary N) is 1. The number of hydrogen-bond acceptors (Lipinski definition) is 6. The molecule has 0 radical (unpaired) electrons. The molecule has 0 aromatic carbocycles. The molecular weight excluding hydrogens is 372 g/mol. The van der Waals surface area contributed by atoms with Crippen molar-refractivity contribution in [3.63, 3.8) is 0 Å². The SMILES string of the molecule is CS(=O)(=O)N1CCC(C(=O)NCCc2nc(-c3ccncc3)cs2)CC1. The Bertz CT molecular complexity index is 844. The molecule has 140 valence electrons. The molecule has 0 aliphatic carbocycles. The maximum absolute atomic E-state index is 12.3. The van der Waals surface area contributed by atoms with E-state index in [1.54, 1.807) is 23.7 Å². The summed E-state index contributed by atoms with van der Waals surface area (Å²) < 4.78 is 24.5. The molecule has 0 saturated carbocycles. The van der Waals surface area contributed by atoms with Crippen molar-refractivity contribution in [1.29, 1.82) is 0 Å². The molecule has 1 aliphatic rings. The van der Waals surface area contributed by atoms with Gasteiger partial charge in [0.2, 0.25) is 15.9 Å². The van der Waals surface area contributed by atoms with Crippen LogP contribution in [0.2, 0.25) is 0 Å². The van der Waals surface area contributed by atoms with Crippen LogP contribution in [0.3, 0.4) is 0 Å². The van der Waals surface area contributed by atoms with Gasteiger partial charge in [-0.25, -0.2) is 17.7 Å². The molecule has 1 N–H and O–H groups in total. The molecule has 9 heteroatoms. The Kier molecular flexibility index (Phi) is 6.00. The van der Waals surface area contributed by atoms with Crippen molar-refractivity contribution >= 4 is 27.3 Å². The van der Waals surface area contributed by atoms with Crippen LogP contribution in [0.25, 0.3) is 11.3 Å². The van der Waals surface area contributed by atoms with Crippen molar-refractivity contribution in [1.82, 2.24) is 19.6 Å². The lowest BCUT2D eigenvalue weighted by molar-refractivity contribution is -0.126. The van der Waals surface area contributed by atoms with E-state index in [-0.39, 0.29) is 11.8 Å². The molecule has 1 fully saturated rings. The summed E-state index contributed by atoms with van der Waals surface area (Å²) in [6.45, 7) is 1.37. The van der Waals surface area contributed by atoms with Crippen LogP contribution in [0.1, 0.15) is 17.8 Å². The highest BCUT2D eigenvalue weighted by Gasteiger charge is 2.28. The minimum absolute atomic E-state index is 0.00376. The van der Waals surface area contributed by atoms with Crippen LogP contribution in [0, 0.1) is 5.92 Å². The van der Waals surface area contributed by atoms with Gasteiger partial charge in [0.25, 0.3) is 0 Å². The number of thiazole rings is 1. The van der Waals surface area contributed by atoms with Gasteiger partial charge in [-0.1, -0.05) is 0 Å². The minimum atomic E-state index is -3.16. The van der Waals surface area contributed by atoms with E-state index in [0.29, 0.717) is 38.9 Å². The number of sulfonamides is 1. The standard InChI is InChI=1S/C17H22N4O3S2/c1-26(23,24)21-10-5-14(6-11-21)17(22)19-9-4-16-20-15(12-25-16)13-2-7-18-8-3-13/h2-3,7-8,12,14H,4-6,9-11H2,1H3,(H,19,22). The number of nitrogens with zero attached hydrogens (tertiary/aromatic N) is 3. The summed E-state index contributed by atoms with van der Waals surface area (Å²) in [6.07, 6.45) is 6.52. The van der Waals surface area contributed by atoms with Gasteiger partial charge in [0, 0.05) is 55.3 Å². The number of hydrogen-bond donors (Lipinski definition) is 1. The molecule has 1 aliphatic heterocycles. The van der Waals surface area contributed by atoms with Crippen LogP contribution in [-0.4, -0.2) is 54.5 Å². The third kappa shape index (κ3) is 4.87. The molecule has 0 spiro atoms. The topological polar surface area (TPSA) is 92.3 Å². The highest BCUT2D eigenvalue weighted by atomic mass is 32.2. The zero-order valence-electron chi connectivity index (χ0n) is 14.6. The summed E-state index contributed by atoms with van der Waals surface area (Å²) in [4.78, 5) is 20.9. The van der Waals surface area contributed by atoms with Crippen molar-refractivity contribution in [3.8, 4) is 11.3 Å². The quantitative estimate of drug-likeness (QED) is 0.802. The smallest absolute Gasteiger partial charge is 0.223 e. The predicted octanol–water partition coefficient (Wildman–Crippen LogP) is 1.54. The number of rotatable bonds is 6. The number of carbonyl (C=O) groups excluding carboxylic acids is 1. The fourth-order valence-corrected chi connectivity index (χ4v) is 4.65. The summed E-state index contributed by atoms with van der Waals surface area (Å²) in [7, 11) is -3.16. The maximum atomic E-state index is 12.3. The van der Waals surface area contributed by atoms with Crippen LogP contribution < -0.4 is 5.32 Å². The second-order valence-electron chi connectivity index (χ2n) is 6.34. The van der Waals surface area contributed by atoms with Crippen LogP contribution in [0.5, 0.6) is 0 Å². The number of amides is 1. The van der Waals surface area contributed by atoms with Crippen molar-refractivity contribution < 1.29 is 13.2 Å². The summed E-state index contributed by atoms with van der Waals surface area (Å²) in [5.74, 6) is -0.110. The van der Waals surface area contributed by atoms with E-state index < -0.39 is 10.0 Å². The average Bonchev–Trinajstić information content (AvgIpc) is 3.11. The van der Waals surface area contributed by atoms with Gasteiger partial charge in [0.05, 0.1) is 17.0 Å². The minimum Gasteiger partial charge on any atom is -0.355 e. The Labute approximate surface area is 157 Å². The summed E-state index contributed by atoms with van der Waals surface area (Å²) in [5, 5.41) is 5.94. The Morgan fingerprint density at radius 1 is 1.31 bits per heavy atom. The van der Waals surface area contributed by atoms with E-state index in [4.69, 9.17) is 0 Å². The number of pyridine rings is 1. The molecular formula is C17H22N4O3S2. The van der Waals surface area contributed by atoms with Gasteiger partial charge in [-0.15, -0.1) is 11.3 Å². The molecule has 7 nitrogen and oxygen atoms in total. The van der Waals surface area contributed by atoms with Gasteiger partial charge >= 0.3 is 0 Å². The molecule has 26 heavy (non-hydrogen) atoms. The zero-order chi connectivity index (χ0) is 18.6. The van der Waals surface area contributed by atoms with Crippen molar-refractivity contribution in [2.24, 2.45) is 5.92 Å². The second-order valence-corrected chi connectivity index (χ2v) is 9.26. The normalized spacial score (nSPS) is 16.5. The lowest BCUT2D eigenvalue weighted by Crippen LogP contribution is -2.42. The fraction of sp³-hybridized carbons (Fsp3) is 0.471. The largest absolute Gasteiger partial charge is 0.355 e. The number of piperidine rings is 1. The van der Waals surface area contributed by atoms with Gasteiger partial charge in [-0.05, 0) is 25.0 Å². The lowest BCUT2D eigenvalue weighted by Gasteiger charge is -2.29. The molecule has 3 rings (SSSR count). The van der Waals surface area contributed by atoms with Gasteiger partial charge < -0.3 is 5.32 Å². The molecule has 2 aromatic heterocycles. The second kappa shape index (κ2) is 8.24. The monoisotopic (exact) mass is 394 g/mol. The van der Waals surface area contributed by atoms with Gasteiger partial charge in [-0.2, -0.15) is 0 Å². The molecule has 1 saturated heterocycles. The molecule has 3 heterocycles. The van der Waals surface area contributed by atoms with Crippen molar-refractivity contribution in [3.05, 3.63) is 34.9 Å². The van der Waals surface area contributed by atoms with E-state index in [9.17, 15) is 13.2 Å². The third-order valence-corrected chi connectivity index (χ3v) is 6.67. The first-order valence-electron chi connectivity index (χ1n) is 8.51. The van der Waals surface area contributed by atoms with Gasteiger partial charge in [-0.3, -0.25) is 9.78 Å². The number of carbonyl (C=O) groups is 1. The average molecular weight is 395 g/mol. The summed E-state index contributed by atoms with van der Waals surface area (Å²) >= 11 is 1.58.